The first-order valence-corrected chi connectivity index (χ1v) is 8.97. The maximum absolute atomic E-state index is 12.1. The average Bonchev–Trinajstić information content (AvgIpc) is 3.12. The Morgan fingerprint density at radius 2 is 2.24 bits per heavy atom. The molecule has 21 heavy (non-hydrogen) atoms. The lowest BCUT2D eigenvalue weighted by Gasteiger charge is -2.09. The van der Waals surface area contributed by atoms with Gasteiger partial charge in [-0.2, -0.15) is 0 Å². The molecule has 1 aromatic heterocycles. The fourth-order valence-electron chi connectivity index (χ4n) is 2.96. The van der Waals surface area contributed by atoms with E-state index in [1.54, 1.807) is 11.3 Å². The minimum atomic E-state index is 0.216. The van der Waals surface area contributed by atoms with Gasteiger partial charge in [-0.1, -0.05) is 26.8 Å². The van der Waals surface area contributed by atoms with Gasteiger partial charge in [0.15, 0.2) is 0 Å². The Hall–Kier alpha value is -1.16. The predicted molar refractivity (Wildman–Crippen MR) is 89.2 cm³/mol. The fourth-order valence-corrected chi connectivity index (χ4v) is 3.97. The smallest absolute Gasteiger partial charge is 0.223 e. The topological polar surface area (TPSA) is 42.0 Å². The molecule has 0 aromatic carbocycles. The Morgan fingerprint density at radius 1 is 1.43 bits per heavy atom. The SMILES string of the molecule is CC.CC1CCC(C(=O)NCc2nc3c(s2)CCC=C3)C1. The summed E-state index contributed by atoms with van der Waals surface area (Å²) in [6.45, 7) is 6.82. The number of nitrogens with zero attached hydrogens (tertiary/aromatic N) is 1. The van der Waals surface area contributed by atoms with Crippen LogP contribution in [-0.2, 0) is 17.8 Å². The first-order chi connectivity index (χ1) is 10.2. The zero-order valence-electron chi connectivity index (χ0n) is 13.3. The monoisotopic (exact) mass is 306 g/mol. The quantitative estimate of drug-likeness (QED) is 0.910. The van der Waals surface area contributed by atoms with Crippen LogP contribution < -0.4 is 5.32 Å². The zero-order chi connectivity index (χ0) is 15.2. The van der Waals surface area contributed by atoms with Gasteiger partial charge in [-0.25, -0.2) is 4.98 Å². The van der Waals surface area contributed by atoms with Crippen molar-refractivity contribution in [3.63, 3.8) is 0 Å². The summed E-state index contributed by atoms with van der Waals surface area (Å²) < 4.78 is 0. The Morgan fingerprint density at radius 3 is 2.90 bits per heavy atom. The van der Waals surface area contributed by atoms with Gasteiger partial charge < -0.3 is 5.32 Å². The Kier molecular flexibility index (Phi) is 5.97. The number of rotatable bonds is 3. The third-order valence-electron chi connectivity index (χ3n) is 4.07. The molecule has 2 atom stereocenters. The van der Waals surface area contributed by atoms with Crippen molar-refractivity contribution in [2.75, 3.05) is 0 Å². The van der Waals surface area contributed by atoms with E-state index in [1.165, 1.54) is 11.3 Å². The Bertz CT molecular complexity index is 507. The zero-order valence-corrected chi connectivity index (χ0v) is 14.1. The van der Waals surface area contributed by atoms with Gasteiger partial charge in [-0.05, 0) is 44.1 Å². The van der Waals surface area contributed by atoms with Gasteiger partial charge in [0, 0.05) is 10.8 Å². The van der Waals surface area contributed by atoms with Crippen molar-refractivity contribution in [2.24, 2.45) is 11.8 Å². The summed E-state index contributed by atoms with van der Waals surface area (Å²) in [6.07, 6.45) is 9.75. The molecule has 0 spiro atoms. The number of carbonyl (C=O) groups excluding carboxylic acids is 1. The van der Waals surface area contributed by atoms with Crippen LogP contribution in [0.4, 0.5) is 0 Å². The summed E-state index contributed by atoms with van der Waals surface area (Å²) >= 11 is 1.74. The van der Waals surface area contributed by atoms with Crippen LogP contribution in [-0.4, -0.2) is 10.9 Å². The number of allylic oxidation sites excluding steroid dienone is 1. The van der Waals surface area contributed by atoms with Crippen LogP contribution in [0.3, 0.4) is 0 Å². The Labute approximate surface area is 131 Å². The van der Waals surface area contributed by atoms with Gasteiger partial charge in [0.05, 0.1) is 12.2 Å². The second kappa shape index (κ2) is 7.74. The molecule has 1 N–H and O–H groups in total. The number of amides is 1. The summed E-state index contributed by atoms with van der Waals surface area (Å²) in [6, 6.07) is 0. The van der Waals surface area contributed by atoms with E-state index >= 15 is 0 Å². The summed E-state index contributed by atoms with van der Waals surface area (Å²) in [4.78, 5) is 18.0. The minimum absolute atomic E-state index is 0.216. The molecule has 1 saturated carbocycles. The van der Waals surface area contributed by atoms with Crippen molar-refractivity contribution in [1.82, 2.24) is 10.3 Å². The molecule has 0 aliphatic heterocycles. The van der Waals surface area contributed by atoms with E-state index in [9.17, 15) is 4.79 Å². The molecule has 0 bridgehead atoms. The molecule has 3 nitrogen and oxygen atoms in total. The lowest BCUT2D eigenvalue weighted by atomic mass is 10.1. The number of thiazole rings is 1. The second-order valence-electron chi connectivity index (χ2n) is 5.69. The van der Waals surface area contributed by atoms with Crippen molar-refractivity contribution < 1.29 is 4.79 Å². The number of aromatic nitrogens is 1. The molecule has 0 saturated heterocycles. The van der Waals surface area contributed by atoms with Crippen LogP contribution in [0.25, 0.3) is 6.08 Å². The van der Waals surface area contributed by atoms with E-state index in [4.69, 9.17) is 0 Å². The first kappa shape index (κ1) is 16.2. The van der Waals surface area contributed by atoms with E-state index in [2.05, 4.69) is 29.4 Å². The minimum Gasteiger partial charge on any atom is -0.349 e. The van der Waals surface area contributed by atoms with Gasteiger partial charge in [0.25, 0.3) is 0 Å². The molecule has 1 fully saturated rings. The maximum Gasteiger partial charge on any atom is 0.223 e. The molecule has 3 rings (SSSR count). The first-order valence-electron chi connectivity index (χ1n) is 8.15. The lowest BCUT2D eigenvalue weighted by Crippen LogP contribution is -2.28. The molecule has 2 aliphatic rings. The van der Waals surface area contributed by atoms with E-state index in [0.29, 0.717) is 12.5 Å². The molecular weight excluding hydrogens is 280 g/mol. The standard InChI is InChI=1S/C15H20N2OS.C2H6/c1-10-6-7-11(8-10)15(18)16-9-14-17-12-4-2-3-5-13(12)19-14;1-2/h2,4,10-11H,3,5-9H2,1H3,(H,16,18);1-2H3. The number of hydrogen-bond donors (Lipinski definition) is 1. The van der Waals surface area contributed by atoms with Crippen molar-refractivity contribution in [2.45, 2.75) is 59.4 Å². The molecule has 2 unspecified atom stereocenters. The third-order valence-corrected chi connectivity index (χ3v) is 5.20. The van der Waals surface area contributed by atoms with Crippen LogP contribution in [0.2, 0.25) is 0 Å². The maximum atomic E-state index is 12.1. The number of fused-ring (bicyclic) bond motifs is 1. The summed E-state index contributed by atoms with van der Waals surface area (Å²) in [5.41, 5.74) is 1.11. The number of aryl methyl sites for hydroxylation is 1. The summed E-state index contributed by atoms with van der Waals surface area (Å²) in [5.74, 6) is 1.14. The van der Waals surface area contributed by atoms with Crippen LogP contribution >= 0.6 is 11.3 Å². The molecule has 116 valence electrons. The fraction of sp³-hybridized carbons (Fsp3) is 0.647. The van der Waals surface area contributed by atoms with Crippen molar-refractivity contribution >= 4 is 23.3 Å². The van der Waals surface area contributed by atoms with Crippen molar-refractivity contribution in [3.05, 3.63) is 21.7 Å². The van der Waals surface area contributed by atoms with Gasteiger partial charge in [0.1, 0.15) is 5.01 Å². The highest BCUT2D eigenvalue weighted by molar-refractivity contribution is 7.11. The normalized spacial score (nSPS) is 23.2. The van der Waals surface area contributed by atoms with Crippen LogP contribution in [0.15, 0.2) is 6.08 Å². The molecule has 4 heteroatoms. The third kappa shape index (κ3) is 4.16. The molecule has 0 radical (unpaired) electrons. The van der Waals surface area contributed by atoms with Crippen LogP contribution in [0.1, 0.15) is 62.0 Å². The molecule has 2 aliphatic carbocycles. The van der Waals surface area contributed by atoms with E-state index in [-0.39, 0.29) is 11.8 Å². The van der Waals surface area contributed by atoms with Crippen LogP contribution in [0, 0.1) is 11.8 Å². The number of hydrogen-bond acceptors (Lipinski definition) is 3. The van der Waals surface area contributed by atoms with Crippen molar-refractivity contribution in [3.8, 4) is 0 Å². The average molecular weight is 306 g/mol. The van der Waals surface area contributed by atoms with E-state index in [0.717, 1.165) is 36.4 Å². The van der Waals surface area contributed by atoms with E-state index in [1.807, 2.05) is 13.8 Å². The van der Waals surface area contributed by atoms with Crippen molar-refractivity contribution in [1.29, 1.82) is 0 Å². The second-order valence-corrected chi connectivity index (χ2v) is 6.86. The van der Waals surface area contributed by atoms with Gasteiger partial charge in [-0.15, -0.1) is 11.3 Å². The number of carbonyl (C=O) groups is 1. The highest BCUT2D eigenvalue weighted by atomic mass is 32.1. The highest BCUT2D eigenvalue weighted by Crippen LogP contribution is 2.30. The molecule has 1 aromatic rings. The molecule has 1 heterocycles. The van der Waals surface area contributed by atoms with Gasteiger partial charge in [-0.3, -0.25) is 4.79 Å². The molecule has 1 amide bonds. The van der Waals surface area contributed by atoms with E-state index < -0.39 is 0 Å². The van der Waals surface area contributed by atoms with Gasteiger partial charge >= 0.3 is 0 Å². The lowest BCUT2D eigenvalue weighted by molar-refractivity contribution is -0.125. The highest BCUT2D eigenvalue weighted by Gasteiger charge is 2.27. The van der Waals surface area contributed by atoms with Gasteiger partial charge in [0.2, 0.25) is 5.91 Å². The predicted octanol–water partition coefficient (Wildman–Crippen LogP) is 4.18. The summed E-state index contributed by atoms with van der Waals surface area (Å²) in [7, 11) is 0. The summed E-state index contributed by atoms with van der Waals surface area (Å²) in [5, 5.41) is 4.09. The largest absolute Gasteiger partial charge is 0.349 e. The number of nitrogens with one attached hydrogen (secondary N) is 1. The molecular formula is C17H26N2OS. The Balaban J connectivity index is 0.000000774. The van der Waals surface area contributed by atoms with Crippen LogP contribution in [0.5, 0.6) is 0 Å².